The molecule has 1 N–H and O–H groups in total. The summed E-state index contributed by atoms with van der Waals surface area (Å²) in [7, 11) is 0. The molecule has 4 heteroatoms. The zero-order chi connectivity index (χ0) is 15.0. The van der Waals surface area contributed by atoms with Gasteiger partial charge in [-0.25, -0.2) is 0 Å². The van der Waals surface area contributed by atoms with Crippen molar-refractivity contribution in [2.24, 2.45) is 0 Å². The average molecular weight is 425 g/mol. The summed E-state index contributed by atoms with van der Waals surface area (Å²) < 4.78 is 5.65. The Morgan fingerprint density at radius 1 is 0.900 bits per heavy atom. The second kappa shape index (κ2) is 9.63. The minimum atomic E-state index is -2.41. The standard InChI is InChI=1S/C4H2Cl2N.3C4H9.Sn/c5-3-1-7-2-4(3)6;3*1-3-4-2;/h1,7H;3*1,3-4H2,2H3;. The molecule has 0 aromatic carbocycles. The first-order valence-corrected chi connectivity index (χ1v) is 16.4. The topological polar surface area (TPSA) is 15.8 Å². The summed E-state index contributed by atoms with van der Waals surface area (Å²) >= 11 is 10.3. The number of rotatable bonds is 10. The van der Waals surface area contributed by atoms with Crippen molar-refractivity contribution in [1.29, 1.82) is 0 Å². The van der Waals surface area contributed by atoms with Crippen molar-refractivity contribution in [2.45, 2.75) is 72.6 Å². The van der Waals surface area contributed by atoms with Gasteiger partial charge in [0, 0.05) is 0 Å². The first-order chi connectivity index (χ1) is 9.61. The van der Waals surface area contributed by atoms with Gasteiger partial charge in [0.15, 0.2) is 0 Å². The molecule has 1 rings (SSSR count). The van der Waals surface area contributed by atoms with E-state index in [1.54, 1.807) is 0 Å². The van der Waals surface area contributed by atoms with E-state index in [2.05, 4.69) is 25.8 Å². The minimum absolute atomic E-state index is 0.715. The summed E-state index contributed by atoms with van der Waals surface area (Å²) in [5, 5.41) is 1.55. The Labute approximate surface area is 138 Å². The molecule has 116 valence electrons. The monoisotopic (exact) mass is 425 g/mol. The van der Waals surface area contributed by atoms with E-state index in [1.165, 1.54) is 55.5 Å². The number of nitrogens with one attached hydrogen (secondary N) is 1. The molecule has 0 radical (unpaired) electrons. The third-order valence-electron chi connectivity index (χ3n) is 4.33. The van der Waals surface area contributed by atoms with Crippen LogP contribution in [0.2, 0.25) is 23.4 Å². The molecule has 0 aliphatic rings. The number of halogens is 2. The van der Waals surface area contributed by atoms with Crippen LogP contribution in [-0.2, 0) is 0 Å². The molecular weight excluding hydrogens is 396 g/mol. The van der Waals surface area contributed by atoms with Gasteiger partial charge in [0.05, 0.1) is 0 Å². The maximum absolute atomic E-state index is 6.52. The molecule has 0 unspecified atom stereocenters. The van der Waals surface area contributed by atoms with E-state index in [1.807, 2.05) is 6.20 Å². The molecule has 1 aromatic rings. The van der Waals surface area contributed by atoms with Crippen molar-refractivity contribution in [3.8, 4) is 0 Å². The van der Waals surface area contributed by atoms with Gasteiger partial charge in [-0.15, -0.1) is 0 Å². The summed E-state index contributed by atoms with van der Waals surface area (Å²) in [5.74, 6) is 0. The van der Waals surface area contributed by atoms with E-state index in [4.69, 9.17) is 23.2 Å². The van der Waals surface area contributed by atoms with E-state index in [9.17, 15) is 0 Å². The third kappa shape index (κ3) is 4.84. The number of aromatic amines is 1. The molecule has 1 heterocycles. The summed E-state index contributed by atoms with van der Waals surface area (Å²) in [6, 6.07) is 0. The molecule has 1 nitrogen and oxygen atoms in total. The second-order valence-corrected chi connectivity index (χ2v) is 19.7. The fourth-order valence-corrected chi connectivity index (χ4v) is 20.8. The summed E-state index contributed by atoms with van der Waals surface area (Å²) in [6.07, 6.45) is 9.77. The molecule has 0 saturated carbocycles. The SMILES string of the molecule is CCC[CH2][Sn]([CH2]CCC)([CH2]CCC)[c]1[nH]cc(Cl)c1Cl. The summed E-state index contributed by atoms with van der Waals surface area (Å²) in [5.41, 5.74) is 0. The average Bonchev–Trinajstić information content (AvgIpc) is 2.79. The van der Waals surface area contributed by atoms with E-state index >= 15 is 0 Å². The number of H-pyrrole nitrogens is 1. The molecule has 0 spiro atoms. The predicted octanol–water partition coefficient (Wildman–Crippen LogP) is 6.38. The van der Waals surface area contributed by atoms with Gasteiger partial charge >= 0.3 is 139 Å². The van der Waals surface area contributed by atoms with E-state index in [0.29, 0.717) is 5.02 Å². The Bertz CT molecular complexity index is 368. The third-order valence-corrected chi connectivity index (χ3v) is 20.9. The summed E-state index contributed by atoms with van der Waals surface area (Å²) in [4.78, 5) is 3.47. The van der Waals surface area contributed by atoms with Crippen molar-refractivity contribution < 1.29 is 0 Å². The zero-order valence-electron chi connectivity index (χ0n) is 13.2. The van der Waals surface area contributed by atoms with Gasteiger partial charge in [-0.2, -0.15) is 0 Å². The van der Waals surface area contributed by atoms with Crippen LogP contribution in [0.1, 0.15) is 59.3 Å². The van der Waals surface area contributed by atoms with Crippen LogP contribution in [0.4, 0.5) is 0 Å². The van der Waals surface area contributed by atoms with Crippen LogP contribution >= 0.6 is 23.2 Å². The quantitative estimate of drug-likeness (QED) is 0.419. The van der Waals surface area contributed by atoms with Crippen molar-refractivity contribution in [1.82, 2.24) is 4.98 Å². The van der Waals surface area contributed by atoms with Gasteiger partial charge in [0.2, 0.25) is 0 Å². The van der Waals surface area contributed by atoms with Crippen LogP contribution < -0.4 is 3.71 Å². The van der Waals surface area contributed by atoms with Crippen LogP contribution in [0.3, 0.4) is 0 Å². The van der Waals surface area contributed by atoms with E-state index in [0.717, 1.165) is 5.02 Å². The molecule has 20 heavy (non-hydrogen) atoms. The second-order valence-electron chi connectivity index (χ2n) is 5.92. The van der Waals surface area contributed by atoms with Gasteiger partial charge in [-0.05, 0) is 0 Å². The molecule has 0 aliphatic carbocycles. The normalized spacial score (nSPS) is 12.1. The Morgan fingerprint density at radius 2 is 1.35 bits per heavy atom. The summed E-state index contributed by atoms with van der Waals surface area (Å²) in [6.45, 7) is 6.87. The zero-order valence-corrected chi connectivity index (χ0v) is 17.6. The van der Waals surface area contributed by atoms with Crippen LogP contribution in [0, 0.1) is 0 Å². The molecule has 0 fully saturated rings. The van der Waals surface area contributed by atoms with E-state index < -0.39 is 18.4 Å². The molecule has 0 amide bonds. The Kier molecular flexibility index (Phi) is 9.01. The molecule has 0 atom stereocenters. The van der Waals surface area contributed by atoms with Crippen LogP contribution in [0.15, 0.2) is 6.20 Å². The Balaban J connectivity index is 3.08. The Morgan fingerprint density at radius 3 is 1.65 bits per heavy atom. The van der Waals surface area contributed by atoms with Crippen LogP contribution in [0.5, 0.6) is 0 Å². The molecule has 1 aromatic heterocycles. The Hall–Kier alpha value is 0.659. The number of aromatic nitrogens is 1. The van der Waals surface area contributed by atoms with E-state index in [-0.39, 0.29) is 0 Å². The van der Waals surface area contributed by atoms with Crippen LogP contribution in [-0.4, -0.2) is 23.4 Å². The van der Waals surface area contributed by atoms with Gasteiger partial charge in [0.1, 0.15) is 0 Å². The van der Waals surface area contributed by atoms with Crippen LogP contribution in [0.25, 0.3) is 0 Å². The van der Waals surface area contributed by atoms with Crippen molar-refractivity contribution in [2.75, 3.05) is 0 Å². The van der Waals surface area contributed by atoms with Gasteiger partial charge < -0.3 is 0 Å². The fraction of sp³-hybridized carbons (Fsp3) is 0.750. The number of hydrogen-bond acceptors (Lipinski definition) is 0. The molecule has 0 saturated heterocycles. The fourth-order valence-electron chi connectivity index (χ4n) is 3.06. The van der Waals surface area contributed by atoms with Gasteiger partial charge in [-0.1, -0.05) is 0 Å². The maximum atomic E-state index is 6.52. The van der Waals surface area contributed by atoms with Gasteiger partial charge in [0.25, 0.3) is 0 Å². The van der Waals surface area contributed by atoms with Crippen molar-refractivity contribution in [3.05, 3.63) is 16.2 Å². The van der Waals surface area contributed by atoms with Crippen molar-refractivity contribution >= 4 is 45.3 Å². The predicted molar refractivity (Wildman–Crippen MR) is 95.3 cm³/mol. The number of hydrogen-bond donors (Lipinski definition) is 1. The first kappa shape index (κ1) is 18.7. The molecule has 0 aliphatic heterocycles. The molecule has 0 bridgehead atoms. The molecular formula is C16H29Cl2NSn. The first-order valence-electron chi connectivity index (χ1n) is 8.14. The van der Waals surface area contributed by atoms with Gasteiger partial charge in [-0.3, -0.25) is 0 Å². The van der Waals surface area contributed by atoms with Crippen molar-refractivity contribution in [3.63, 3.8) is 0 Å². The number of unbranched alkanes of at least 4 members (excludes halogenated alkanes) is 3.